The standard InChI is InChI=1S/C13H20N4/c14-12-3-4-15-13(9-12)17-7-5-16(6-8-17)10-11-1-2-11/h3-4,9,11H,1-2,5-8,10H2,(H2,14,15). The molecule has 1 aliphatic carbocycles. The molecule has 2 N–H and O–H groups in total. The molecule has 0 unspecified atom stereocenters. The van der Waals surface area contributed by atoms with Gasteiger partial charge in [0.2, 0.25) is 0 Å². The van der Waals surface area contributed by atoms with E-state index in [1.54, 1.807) is 6.20 Å². The van der Waals surface area contributed by atoms with E-state index in [0.29, 0.717) is 0 Å². The second-order valence-electron chi connectivity index (χ2n) is 5.18. The topological polar surface area (TPSA) is 45.4 Å². The molecule has 0 atom stereocenters. The summed E-state index contributed by atoms with van der Waals surface area (Å²) in [6, 6.07) is 3.81. The van der Waals surface area contributed by atoms with E-state index in [9.17, 15) is 0 Å². The molecule has 1 saturated carbocycles. The molecule has 0 amide bonds. The highest BCUT2D eigenvalue weighted by molar-refractivity contribution is 5.50. The maximum absolute atomic E-state index is 5.79. The first-order valence-corrected chi connectivity index (χ1v) is 6.50. The lowest BCUT2D eigenvalue weighted by Gasteiger charge is -2.35. The number of anilines is 2. The predicted octanol–water partition coefficient (Wildman–Crippen LogP) is 1.20. The van der Waals surface area contributed by atoms with E-state index in [-0.39, 0.29) is 0 Å². The number of rotatable bonds is 3. The Labute approximate surface area is 102 Å². The van der Waals surface area contributed by atoms with Crippen molar-refractivity contribution in [2.45, 2.75) is 12.8 Å². The number of piperazine rings is 1. The van der Waals surface area contributed by atoms with Crippen molar-refractivity contribution in [3.63, 3.8) is 0 Å². The van der Waals surface area contributed by atoms with E-state index >= 15 is 0 Å². The summed E-state index contributed by atoms with van der Waals surface area (Å²) in [7, 11) is 0. The second kappa shape index (κ2) is 4.53. The Hall–Kier alpha value is -1.29. The predicted molar refractivity (Wildman–Crippen MR) is 70.0 cm³/mol. The fourth-order valence-electron chi connectivity index (χ4n) is 2.43. The average Bonchev–Trinajstić information content (AvgIpc) is 3.14. The molecule has 92 valence electrons. The molecule has 4 nitrogen and oxygen atoms in total. The molecule has 0 aromatic carbocycles. The van der Waals surface area contributed by atoms with Crippen LogP contribution in [0, 0.1) is 5.92 Å². The molecular weight excluding hydrogens is 212 g/mol. The van der Waals surface area contributed by atoms with Gasteiger partial charge < -0.3 is 10.6 Å². The number of hydrogen-bond acceptors (Lipinski definition) is 4. The SMILES string of the molecule is Nc1ccnc(N2CCN(CC3CC3)CC2)c1. The zero-order chi connectivity index (χ0) is 11.7. The lowest BCUT2D eigenvalue weighted by Crippen LogP contribution is -2.47. The molecule has 2 aliphatic rings. The number of nitrogen functional groups attached to an aromatic ring is 1. The highest BCUT2D eigenvalue weighted by Gasteiger charge is 2.26. The molecule has 1 aromatic rings. The van der Waals surface area contributed by atoms with Crippen LogP contribution in [-0.2, 0) is 0 Å². The van der Waals surface area contributed by atoms with Crippen LogP contribution in [0.1, 0.15) is 12.8 Å². The van der Waals surface area contributed by atoms with Gasteiger partial charge in [-0.15, -0.1) is 0 Å². The van der Waals surface area contributed by atoms with Crippen LogP contribution in [0.15, 0.2) is 18.3 Å². The summed E-state index contributed by atoms with van der Waals surface area (Å²) in [6.45, 7) is 5.77. The largest absolute Gasteiger partial charge is 0.399 e. The van der Waals surface area contributed by atoms with Crippen LogP contribution >= 0.6 is 0 Å². The molecule has 1 saturated heterocycles. The number of pyridine rings is 1. The Morgan fingerprint density at radius 1 is 1.24 bits per heavy atom. The number of hydrogen-bond donors (Lipinski definition) is 1. The Morgan fingerprint density at radius 2 is 2.00 bits per heavy atom. The van der Waals surface area contributed by atoms with Crippen molar-refractivity contribution in [3.05, 3.63) is 18.3 Å². The number of aromatic nitrogens is 1. The van der Waals surface area contributed by atoms with E-state index in [1.165, 1.54) is 19.4 Å². The highest BCUT2D eigenvalue weighted by atomic mass is 15.3. The van der Waals surface area contributed by atoms with Crippen LogP contribution < -0.4 is 10.6 Å². The lowest BCUT2D eigenvalue weighted by atomic mass is 10.2. The van der Waals surface area contributed by atoms with E-state index in [0.717, 1.165) is 43.6 Å². The van der Waals surface area contributed by atoms with Crippen LogP contribution in [0.5, 0.6) is 0 Å². The van der Waals surface area contributed by atoms with Crippen LogP contribution in [0.2, 0.25) is 0 Å². The highest BCUT2D eigenvalue weighted by Crippen LogP contribution is 2.30. The van der Waals surface area contributed by atoms with Gasteiger partial charge in [-0.05, 0) is 24.8 Å². The Balaban J connectivity index is 1.56. The molecule has 0 radical (unpaired) electrons. The van der Waals surface area contributed by atoms with Crippen molar-refractivity contribution >= 4 is 11.5 Å². The van der Waals surface area contributed by atoms with Gasteiger partial charge in [0.15, 0.2) is 0 Å². The molecule has 2 fully saturated rings. The van der Waals surface area contributed by atoms with Crippen molar-refractivity contribution < 1.29 is 0 Å². The van der Waals surface area contributed by atoms with Gasteiger partial charge in [0, 0.05) is 50.7 Å². The molecule has 3 rings (SSSR count). The first kappa shape index (κ1) is 10.8. The number of nitrogens with two attached hydrogens (primary N) is 1. The molecule has 17 heavy (non-hydrogen) atoms. The molecule has 4 heteroatoms. The Kier molecular flexibility index (Phi) is 2.89. The van der Waals surface area contributed by atoms with E-state index in [4.69, 9.17) is 5.73 Å². The fraction of sp³-hybridized carbons (Fsp3) is 0.615. The van der Waals surface area contributed by atoms with Gasteiger partial charge in [-0.1, -0.05) is 0 Å². The second-order valence-corrected chi connectivity index (χ2v) is 5.18. The maximum Gasteiger partial charge on any atom is 0.130 e. The summed E-state index contributed by atoms with van der Waals surface area (Å²) in [6.07, 6.45) is 4.68. The Morgan fingerprint density at radius 3 is 2.65 bits per heavy atom. The summed E-state index contributed by atoms with van der Waals surface area (Å²) < 4.78 is 0. The van der Waals surface area contributed by atoms with E-state index < -0.39 is 0 Å². The maximum atomic E-state index is 5.79. The van der Waals surface area contributed by atoms with E-state index in [1.807, 2.05) is 12.1 Å². The first-order valence-electron chi connectivity index (χ1n) is 6.50. The molecule has 0 spiro atoms. The van der Waals surface area contributed by atoms with Crippen molar-refractivity contribution in [2.24, 2.45) is 5.92 Å². The fourth-order valence-corrected chi connectivity index (χ4v) is 2.43. The average molecular weight is 232 g/mol. The molecule has 2 heterocycles. The van der Waals surface area contributed by atoms with Crippen LogP contribution in [0.4, 0.5) is 11.5 Å². The summed E-state index contributed by atoms with van der Waals surface area (Å²) >= 11 is 0. The smallest absolute Gasteiger partial charge is 0.130 e. The first-order chi connectivity index (χ1) is 8.31. The molecular formula is C13H20N4. The zero-order valence-electron chi connectivity index (χ0n) is 10.2. The monoisotopic (exact) mass is 232 g/mol. The Bertz CT molecular complexity index is 381. The van der Waals surface area contributed by atoms with Crippen molar-refractivity contribution in [2.75, 3.05) is 43.4 Å². The van der Waals surface area contributed by atoms with Gasteiger partial charge in [-0.3, -0.25) is 4.90 Å². The van der Waals surface area contributed by atoms with Crippen molar-refractivity contribution in [1.82, 2.24) is 9.88 Å². The zero-order valence-corrected chi connectivity index (χ0v) is 10.2. The van der Waals surface area contributed by atoms with Gasteiger partial charge in [-0.25, -0.2) is 4.98 Å². The third-order valence-electron chi connectivity index (χ3n) is 3.68. The minimum Gasteiger partial charge on any atom is -0.399 e. The van der Waals surface area contributed by atoms with Crippen LogP contribution in [0.25, 0.3) is 0 Å². The van der Waals surface area contributed by atoms with Gasteiger partial charge >= 0.3 is 0 Å². The van der Waals surface area contributed by atoms with Crippen LogP contribution in [0.3, 0.4) is 0 Å². The van der Waals surface area contributed by atoms with Gasteiger partial charge in [-0.2, -0.15) is 0 Å². The lowest BCUT2D eigenvalue weighted by molar-refractivity contribution is 0.247. The van der Waals surface area contributed by atoms with Crippen molar-refractivity contribution in [3.8, 4) is 0 Å². The molecule has 0 bridgehead atoms. The third-order valence-corrected chi connectivity index (χ3v) is 3.68. The van der Waals surface area contributed by atoms with E-state index in [2.05, 4.69) is 14.8 Å². The number of nitrogens with zero attached hydrogens (tertiary/aromatic N) is 3. The summed E-state index contributed by atoms with van der Waals surface area (Å²) in [5.74, 6) is 2.02. The summed E-state index contributed by atoms with van der Waals surface area (Å²) in [4.78, 5) is 9.31. The molecule has 1 aliphatic heterocycles. The van der Waals surface area contributed by atoms with Gasteiger partial charge in [0.1, 0.15) is 5.82 Å². The van der Waals surface area contributed by atoms with Crippen LogP contribution in [-0.4, -0.2) is 42.6 Å². The minimum absolute atomic E-state index is 0.801. The van der Waals surface area contributed by atoms with Gasteiger partial charge in [0.05, 0.1) is 0 Å². The van der Waals surface area contributed by atoms with Crippen molar-refractivity contribution in [1.29, 1.82) is 0 Å². The summed E-state index contributed by atoms with van der Waals surface area (Å²) in [5.41, 5.74) is 6.59. The third kappa shape index (κ3) is 2.69. The minimum atomic E-state index is 0.801. The summed E-state index contributed by atoms with van der Waals surface area (Å²) in [5, 5.41) is 0. The van der Waals surface area contributed by atoms with Gasteiger partial charge in [0.25, 0.3) is 0 Å². The quantitative estimate of drug-likeness (QED) is 0.850. The normalized spacial score (nSPS) is 21.8. The molecule has 1 aromatic heterocycles.